The van der Waals surface area contributed by atoms with E-state index in [1.54, 1.807) is 0 Å². The number of carbonyl (C=O) groups is 1. The highest BCUT2D eigenvalue weighted by Gasteiger charge is 2.10. The summed E-state index contributed by atoms with van der Waals surface area (Å²) in [4.78, 5) is 33.4. The van der Waals surface area contributed by atoms with Gasteiger partial charge in [0.2, 0.25) is 0 Å². The molecule has 0 saturated carbocycles. The Hall–Kier alpha value is -1.98. The molecule has 1 aromatic heterocycles. The zero-order valence-corrected chi connectivity index (χ0v) is 6.73. The Morgan fingerprint density at radius 2 is 2.15 bits per heavy atom. The number of hydrogen-bond donors (Lipinski definition) is 1. The van der Waals surface area contributed by atoms with Gasteiger partial charge in [0.15, 0.2) is 16.9 Å². The first kappa shape index (κ1) is 9.11. The molecular weight excluding hydrogens is 176 g/mol. The van der Waals surface area contributed by atoms with Gasteiger partial charge in [-0.05, 0) is 4.92 Å². The highest BCUT2D eigenvalue weighted by atomic mass is 16.6. The van der Waals surface area contributed by atoms with Gasteiger partial charge in [0.1, 0.15) is 0 Å². The molecule has 0 aromatic carbocycles. The third-order valence-electron chi connectivity index (χ3n) is 1.40. The number of aromatic amines is 1. The first-order valence-corrected chi connectivity index (χ1v) is 3.40. The average molecular weight is 182 g/mol. The summed E-state index contributed by atoms with van der Waals surface area (Å²) in [5.74, 6) is -0.890. The highest BCUT2D eigenvalue weighted by Crippen LogP contribution is 2.03. The maximum absolute atomic E-state index is 10.8. The van der Waals surface area contributed by atoms with Crippen LogP contribution < -0.4 is 5.43 Å². The molecule has 0 spiro atoms. The molecule has 6 heteroatoms. The summed E-state index contributed by atoms with van der Waals surface area (Å²) in [5.41, 5.74) is -0.616. The SMILES string of the molecule is CC(=O)c1cc(=O)cc([N+](=O)[O-])[nH]1. The topological polar surface area (TPSA) is 93.1 Å². The Kier molecular flexibility index (Phi) is 2.23. The van der Waals surface area contributed by atoms with Crippen molar-refractivity contribution in [2.45, 2.75) is 6.92 Å². The van der Waals surface area contributed by atoms with E-state index in [-0.39, 0.29) is 5.69 Å². The number of Topliss-reactive ketones (excluding diaryl/α,β-unsaturated/α-hetero) is 1. The second kappa shape index (κ2) is 3.18. The molecule has 13 heavy (non-hydrogen) atoms. The van der Waals surface area contributed by atoms with Gasteiger partial charge in [-0.25, -0.2) is 4.98 Å². The Bertz CT molecular complexity index is 385. The molecule has 0 aliphatic carbocycles. The number of nitrogens with one attached hydrogen (secondary N) is 1. The summed E-state index contributed by atoms with van der Waals surface area (Å²) in [5, 5.41) is 10.3. The Labute approximate surface area is 72.4 Å². The molecule has 0 saturated heterocycles. The van der Waals surface area contributed by atoms with Crippen LogP contribution in [0.1, 0.15) is 17.4 Å². The van der Waals surface area contributed by atoms with Gasteiger partial charge in [-0.3, -0.25) is 9.59 Å². The van der Waals surface area contributed by atoms with E-state index in [0.717, 1.165) is 12.1 Å². The maximum Gasteiger partial charge on any atom is 0.325 e. The fourth-order valence-corrected chi connectivity index (χ4v) is 0.817. The van der Waals surface area contributed by atoms with Crippen LogP contribution in [0.3, 0.4) is 0 Å². The molecule has 1 heterocycles. The molecule has 0 fully saturated rings. The lowest BCUT2D eigenvalue weighted by atomic mass is 10.3. The van der Waals surface area contributed by atoms with Crippen molar-refractivity contribution >= 4 is 11.6 Å². The monoisotopic (exact) mass is 182 g/mol. The second-order valence-electron chi connectivity index (χ2n) is 2.43. The maximum atomic E-state index is 10.8. The minimum Gasteiger partial charge on any atom is -0.358 e. The van der Waals surface area contributed by atoms with E-state index in [1.807, 2.05) is 0 Å². The number of ketones is 1. The molecule has 1 aromatic rings. The molecule has 0 aliphatic heterocycles. The summed E-state index contributed by atoms with van der Waals surface area (Å²) in [6.45, 7) is 1.22. The van der Waals surface area contributed by atoms with Gasteiger partial charge in [-0.2, -0.15) is 0 Å². The summed E-state index contributed by atoms with van der Waals surface area (Å²) in [6.07, 6.45) is 0. The van der Waals surface area contributed by atoms with Gasteiger partial charge < -0.3 is 10.1 Å². The number of pyridine rings is 1. The quantitative estimate of drug-likeness (QED) is 0.409. The lowest BCUT2D eigenvalue weighted by Gasteiger charge is -1.94. The summed E-state index contributed by atoms with van der Waals surface area (Å²) in [6, 6.07) is 1.85. The van der Waals surface area contributed by atoms with E-state index in [4.69, 9.17) is 0 Å². The number of carbonyl (C=O) groups excluding carboxylic acids is 1. The van der Waals surface area contributed by atoms with Crippen molar-refractivity contribution in [3.63, 3.8) is 0 Å². The largest absolute Gasteiger partial charge is 0.358 e. The Morgan fingerprint density at radius 3 is 2.62 bits per heavy atom. The molecule has 0 aliphatic rings. The fraction of sp³-hybridized carbons (Fsp3) is 0.143. The smallest absolute Gasteiger partial charge is 0.325 e. The summed E-state index contributed by atoms with van der Waals surface area (Å²) < 4.78 is 0. The van der Waals surface area contributed by atoms with Crippen LogP contribution in [0.25, 0.3) is 0 Å². The van der Waals surface area contributed by atoms with Crippen LogP contribution in [0, 0.1) is 10.1 Å². The van der Waals surface area contributed by atoms with Crippen LogP contribution in [-0.2, 0) is 0 Å². The number of hydrogen-bond acceptors (Lipinski definition) is 4. The van der Waals surface area contributed by atoms with Gasteiger partial charge in [-0.15, -0.1) is 0 Å². The molecule has 0 bridgehead atoms. The number of nitrogens with zero attached hydrogens (tertiary/aromatic N) is 1. The Balaban J connectivity index is 3.35. The molecule has 6 nitrogen and oxygen atoms in total. The van der Waals surface area contributed by atoms with Crippen molar-refractivity contribution in [3.05, 3.63) is 38.2 Å². The van der Waals surface area contributed by atoms with E-state index in [1.165, 1.54) is 6.92 Å². The number of H-pyrrole nitrogens is 1. The lowest BCUT2D eigenvalue weighted by molar-refractivity contribution is -0.389. The van der Waals surface area contributed by atoms with Crippen LogP contribution in [-0.4, -0.2) is 15.7 Å². The molecule has 0 atom stereocenters. The van der Waals surface area contributed by atoms with Crippen molar-refractivity contribution in [2.24, 2.45) is 0 Å². The Morgan fingerprint density at radius 1 is 1.54 bits per heavy atom. The van der Waals surface area contributed by atoms with Gasteiger partial charge in [0.25, 0.3) is 0 Å². The van der Waals surface area contributed by atoms with Crippen molar-refractivity contribution < 1.29 is 9.72 Å². The van der Waals surface area contributed by atoms with Crippen LogP contribution in [0.5, 0.6) is 0 Å². The minimum absolute atomic E-state index is 0.0563. The van der Waals surface area contributed by atoms with Gasteiger partial charge in [-0.1, -0.05) is 0 Å². The van der Waals surface area contributed by atoms with E-state index < -0.39 is 22.0 Å². The normalized spacial score (nSPS) is 9.62. The zero-order chi connectivity index (χ0) is 10.0. The van der Waals surface area contributed by atoms with Crippen molar-refractivity contribution in [2.75, 3.05) is 0 Å². The number of rotatable bonds is 2. The molecular formula is C7H6N2O4. The van der Waals surface area contributed by atoms with Gasteiger partial charge in [0, 0.05) is 13.0 Å². The minimum atomic E-state index is -0.756. The van der Waals surface area contributed by atoms with E-state index in [2.05, 4.69) is 4.98 Å². The van der Waals surface area contributed by atoms with E-state index in [9.17, 15) is 19.7 Å². The van der Waals surface area contributed by atoms with Crippen LogP contribution in [0.15, 0.2) is 16.9 Å². The van der Waals surface area contributed by atoms with Crippen LogP contribution in [0.2, 0.25) is 0 Å². The standard InChI is InChI=1S/C7H6N2O4/c1-4(10)6-2-5(11)3-7(8-6)9(12)13/h2-3H,1H3,(H,8,11). The first-order chi connectivity index (χ1) is 6.00. The van der Waals surface area contributed by atoms with Crippen molar-refractivity contribution in [1.29, 1.82) is 0 Å². The number of aromatic nitrogens is 1. The first-order valence-electron chi connectivity index (χ1n) is 3.40. The molecule has 68 valence electrons. The van der Waals surface area contributed by atoms with Crippen LogP contribution >= 0.6 is 0 Å². The predicted octanol–water partition coefficient (Wildman–Crippen LogP) is 0.486. The highest BCUT2D eigenvalue weighted by molar-refractivity contribution is 5.92. The molecule has 1 N–H and O–H groups in total. The van der Waals surface area contributed by atoms with E-state index >= 15 is 0 Å². The molecule has 0 unspecified atom stereocenters. The fourth-order valence-electron chi connectivity index (χ4n) is 0.817. The number of nitro groups is 1. The average Bonchev–Trinajstić information content (AvgIpc) is 2.03. The predicted molar refractivity (Wildman–Crippen MR) is 43.7 cm³/mol. The second-order valence-corrected chi connectivity index (χ2v) is 2.43. The van der Waals surface area contributed by atoms with Gasteiger partial charge >= 0.3 is 5.82 Å². The third-order valence-corrected chi connectivity index (χ3v) is 1.40. The zero-order valence-electron chi connectivity index (χ0n) is 6.73. The molecule has 0 amide bonds. The van der Waals surface area contributed by atoms with Gasteiger partial charge in [0.05, 0.1) is 6.07 Å². The van der Waals surface area contributed by atoms with Crippen molar-refractivity contribution in [1.82, 2.24) is 4.98 Å². The lowest BCUT2D eigenvalue weighted by Crippen LogP contribution is -2.08. The molecule has 0 radical (unpaired) electrons. The molecule has 1 rings (SSSR count). The van der Waals surface area contributed by atoms with Crippen LogP contribution in [0.4, 0.5) is 5.82 Å². The van der Waals surface area contributed by atoms with E-state index in [0.29, 0.717) is 0 Å². The summed E-state index contributed by atoms with van der Waals surface area (Å²) >= 11 is 0. The third kappa shape index (κ3) is 1.98. The van der Waals surface area contributed by atoms with Crippen molar-refractivity contribution in [3.8, 4) is 0 Å². The summed E-state index contributed by atoms with van der Waals surface area (Å²) in [7, 11) is 0.